The standard InChI is InChI=1S/C19H21N5O2/c1-5-22-13(3)10-23-15-16(20-18(22)23)21(4)19(26)24(17(15)25)11-14-8-6-12(2)7-9-14/h6-10H,5,11H2,1-4H3. The third kappa shape index (κ3) is 2.23. The second kappa shape index (κ2) is 5.72. The molecule has 0 unspecified atom stereocenters. The van der Waals surface area contributed by atoms with Crippen molar-refractivity contribution in [1.29, 1.82) is 0 Å². The fraction of sp³-hybridized carbons (Fsp3) is 0.316. The van der Waals surface area contributed by atoms with Gasteiger partial charge in [-0.05, 0) is 26.3 Å². The molecule has 0 atom stereocenters. The SMILES string of the molecule is CCn1c(C)cn2c3c(=O)n(Cc4ccc(C)cc4)c(=O)n(C)c3nc12. The van der Waals surface area contributed by atoms with Crippen LogP contribution in [0, 0.1) is 13.8 Å². The van der Waals surface area contributed by atoms with Crippen molar-refractivity contribution >= 4 is 16.9 Å². The quantitative estimate of drug-likeness (QED) is 0.566. The third-order valence-corrected chi connectivity index (χ3v) is 4.92. The van der Waals surface area contributed by atoms with Crippen LogP contribution in [0.5, 0.6) is 0 Å². The Bertz CT molecular complexity index is 1250. The minimum atomic E-state index is -0.358. The lowest BCUT2D eigenvalue weighted by atomic mass is 10.1. The van der Waals surface area contributed by atoms with Crippen molar-refractivity contribution in [3.63, 3.8) is 0 Å². The van der Waals surface area contributed by atoms with Gasteiger partial charge in [0, 0.05) is 25.5 Å². The molecule has 0 saturated heterocycles. The van der Waals surface area contributed by atoms with Gasteiger partial charge in [-0.3, -0.25) is 18.3 Å². The summed E-state index contributed by atoms with van der Waals surface area (Å²) in [4.78, 5) is 30.5. The molecule has 0 aliphatic heterocycles. The molecule has 3 heterocycles. The van der Waals surface area contributed by atoms with Crippen LogP contribution in [0.15, 0.2) is 40.1 Å². The maximum atomic E-state index is 13.1. The van der Waals surface area contributed by atoms with Crippen molar-refractivity contribution in [1.82, 2.24) is 23.1 Å². The zero-order chi connectivity index (χ0) is 18.6. The lowest BCUT2D eigenvalue weighted by molar-refractivity contribution is 0.656. The fourth-order valence-corrected chi connectivity index (χ4v) is 3.46. The molecular formula is C19H21N5O2. The van der Waals surface area contributed by atoms with Gasteiger partial charge in [0.05, 0.1) is 6.54 Å². The summed E-state index contributed by atoms with van der Waals surface area (Å²) in [5.74, 6) is 0.681. The minimum Gasteiger partial charge on any atom is -0.314 e. The molecule has 0 spiro atoms. The molecule has 4 rings (SSSR count). The van der Waals surface area contributed by atoms with E-state index in [9.17, 15) is 9.59 Å². The summed E-state index contributed by atoms with van der Waals surface area (Å²) in [5, 5.41) is 0. The number of benzene rings is 1. The van der Waals surface area contributed by atoms with E-state index in [4.69, 9.17) is 0 Å². The molecular weight excluding hydrogens is 330 g/mol. The fourth-order valence-electron chi connectivity index (χ4n) is 3.46. The van der Waals surface area contributed by atoms with E-state index in [-0.39, 0.29) is 17.8 Å². The van der Waals surface area contributed by atoms with Gasteiger partial charge in [0.2, 0.25) is 5.78 Å². The van der Waals surface area contributed by atoms with E-state index in [1.165, 1.54) is 9.13 Å². The first-order valence-corrected chi connectivity index (χ1v) is 8.65. The van der Waals surface area contributed by atoms with Crippen molar-refractivity contribution < 1.29 is 0 Å². The van der Waals surface area contributed by atoms with E-state index < -0.39 is 0 Å². The van der Waals surface area contributed by atoms with Gasteiger partial charge in [0.15, 0.2) is 11.2 Å². The van der Waals surface area contributed by atoms with Crippen LogP contribution in [0.3, 0.4) is 0 Å². The summed E-state index contributed by atoms with van der Waals surface area (Å²) in [6.45, 7) is 7.00. The van der Waals surface area contributed by atoms with Crippen LogP contribution in [0.1, 0.15) is 23.7 Å². The lowest BCUT2D eigenvalue weighted by Crippen LogP contribution is -2.39. The highest BCUT2D eigenvalue weighted by Crippen LogP contribution is 2.16. The molecule has 0 N–H and O–H groups in total. The summed E-state index contributed by atoms with van der Waals surface area (Å²) in [6.07, 6.45) is 1.90. The molecule has 7 nitrogen and oxygen atoms in total. The summed E-state index contributed by atoms with van der Waals surface area (Å²) < 4.78 is 6.54. The second-order valence-electron chi connectivity index (χ2n) is 6.69. The van der Waals surface area contributed by atoms with Crippen LogP contribution in [-0.4, -0.2) is 23.1 Å². The van der Waals surface area contributed by atoms with Gasteiger partial charge < -0.3 is 4.57 Å². The van der Waals surface area contributed by atoms with Crippen LogP contribution in [0.4, 0.5) is 0 Å². The summed E-state index contributed by atoms with van der Waals surface area (Å²) >= 11 is 0. The number of rotatable bonds is 3. The van der Waals surface area contributed by atoms with E-state index in [1.54, 1.807) is 11.4 Å². The number of aromatic nitrogens is 5. The highest BCUT2D eigenvalue weighted by atomic mass is 16.2. The third-order valence-electron chi connectivity index (χ3n) is 4.92. The van der Waals surface area contributed by atoms with Crippen molar-refractivity contribution in [2.75, 3.05) is 0 Å². The Hall–Kier alpha value is -3.09. The Kier molecular flexibility index (Phi) is 3.61. The Morgan fingerprint density at radius 2 is 1.73 bits per heavy atom. The number of hydrogen-bond donors (Lipinski definition) is 0. The largest absolute Gasteiger partial charge is 0.332 e. The van der Waals surface area contributed by atoms with E-state index in [0.717, 1.165) is 23.4 Å². The molecule has 26 heavy (non-hydrogen) atoms. The predicted octanol–water partition coefficient (Wildman–Crippen LogP) is 1.83. The zero-order valence-corrected chi connectivity index (χ0v) is 15.4. The van der Waals surface area contributed by atoms with E-state index in [1.807, 2.05) is 55.8 Å². The Morgan fingerprint density at radius 1 is 1.04 bits per heavy atom. The summed E-state index contributed by atoms with van der Waals surface area (Å²) in [6, 6.07) is 7.83. The van der Waals surface area contributed by atoms with Crippen LogP contribution < -0.4 is 11.2 Å². The molecule has 0 bridgehead atoms. The van der Waals surface area contributed by atoms with Crippen molar-refractivity contribution in [3.8, 4) is 0 Å². The smallest absolute Gasteiger partial charge is 0.314 e. The van der Waals surface area contributed by atoms with E-state index >= 15 is 0 Å². The average Bonchev–Trinajstić information content (AvgIpc) is 3.12. The van der Waals surface area contributed by atoms with Gasteiger partial charge in [0.25, 0.3) is 5.56 Å². The number of nitrogens with zero attached hydrogens (tertiary/aromatic N) is 5. The van der Waals surface area contributed by atoms with Gasteiger partial charge in [-0.2, -0.15) is 4.98 Å². The second-order valence-corrected chi connectivity index (χ2v) is 6.69. The van der Waals surface area contributed by atoms with Gasteiger partial charge >= 0.3 is 5.69 Å². The Labute approximate surface area is 149 Å². The lowest BCUT2D eigenvalue weighted by Gasteiger charge is -2.08. The monoisotopic (exact) mass is 351 g/mol. The van der Waals surface area contributed by atoms with Gasteiger partial charge in [-0.15, -0.1) is 0 Å². The topological polar surface area (TPSA) is 66.2 Å². The molecule has 0 fully saturated rings. The molecule has 3 aromatic heterocycles. The van der Waals surface area contributed by atoms with Crippen LogP contribution in [-0.2, 0) is 20.1 Å². The molecule has 1 aromatic carbocycles. The number of fused-ring (bicyclic) bond motifs is 3. The molecule has 0 aliphatic carbocycles. The molecule has 4 aromatic rings. The van der Waals surface area contributed by atoms with Gasteiger partial charge in [0.1, 0.15) is 0 Å². The number of hydrogen-bond acceptors (Lipinski definition) is 3. The van der Waals surface area contributed by atoms with Crippen LogP contribution in [0.2, 0.25) is 0 Å². The van der Waals surface area contributed by atoms with Crippen LogP contribution in [0.25, 0.3) is 16.9 Å². The number of aryl methyl sites for hydroxylation is 4. The maximum Gasteiger partial charge on any atom is 0.332 e. The van der Waals surface area contributed by atoms with Gasteiger partial charge in [-0.1, -0.05) is 29.8 Å². The zero-order valence-electron chi connectivity index (χ0n) is 15.4. The highest BCUT2D eigenvalue weighted by molar-refractivity contribution is 5.75. The minimum absolute atomic E-state index is 0.239. The van der Waals surface area contributed by atoms with Crippen molar-refractivity contribution in [2.45, 2.75) is 33.9 Å². The van der Waals surface area contributed by atoms with Gasteiger partial charge in [-0.25, -0.2) is 4.79 Å². The highest BCUT2D eigenvalue weighted by Gasteiger charge is 2.19. The molecule has 134 valence electrons. The summed E-state index contributed by atoms with van der Waals surface area (Å²) in [7, 11) is 1.66. The molecule has 0 saturated carbocycles. The summed E-state index contributed by atoms with van der Waals surface area (Å²) in [5.41, 5.74) is 3.25. The Morgan fingerprint density at radius 3 is 2.38 bits per heavy atom. The van der Waals surface area contributed by atoms with E-state index in [2.05, 4.69) is 4.98 Å². The Balaban J connectivity index is 2.02. The maximum absolute atomic E-state index is 13.1. The molecule has 7 heteroatoms. The normalized spacial score (nSPS) is 11.7. The predicted molar refractivity (Wildman–Crippen MR) is 101 cm³/mol. The van der Waals surface area contributed by atoms with Crippen LogP contribution >= 0.6 is 0 Å². The first-order chi connectivity index (χ1) is 12.4. The molecule has 0 amide bonds. The average molecular weight is 351 g/mol. The van der Waals surface area contributed by atoms with Crippen molar-refractivity contribution in [3.05, 3.63) is 68.1 Å². The first-order valence-electron chi connectivity index (χ1n) is 8.65. The number of imidazole rings is 2. The first kappa shape index (κ1) is 16.4. The van der Waals surface area contributed by atoms with E-state index in [0.29, 0.717) is 16.9 Å². The molecule has 0 aliphatic rings. The van der Waals surface area contributed by atoms with Crippen molar-refractivity contribution in [2.24, 2.45) is 7.05 Å². The molecule has 0 radical (unpaired) electrons.